The summed E-state index contributed by atoms with van der Waals surface area (Å²) < 4.78 is 6.21. The Morgan fingerprint density at radius 2 is 1.77 bits per heavy atom. The van der Waals surface area contributed by atoms with Gasteiger partial charge in [0, 0.05) is 11.1 Å². The van der Waals surface area contributed by atoms with Crippen molar-refractivity contribution < 1.29 is 4.74 Å². The quantitative estimate of drug-likeness (QED) is 0.430. The van der Waals surface area contributed by atoms with Crippen LogP contribution in [0, 0.1) is 6.92 Å². The number of benzene rings is 2. The van der Waals surface area contributed by atoms with E-state index >= 15 is 0 Å². The molecule has 2 aromatic rings. The Balaban J connectivity index is 2.19. The van der Waals surface area contributed by atoms with Crippen LogP contribution in [0.15, 0.2) is 72.0 Å². The molecule has 1 nitrogen and oxygen atoms in total. The summed E-state index contributed by atoms with van der Waals surface area (Å²) in [7, 11) is -0.794. The molecule has 2 heteroatoms. The number of hydrogen-bond acceptors (Lipinski definition) is 1. The maximum Gasteiger partial charge on any atom is 0.135 e. The molecule has 0 saturated carbocycles. The van der Waals surface area contributed by atoms with E-state index in [1.807, 2.05) is 6.08 Å². The van der Waals surface area contributed by atoms with Crippen molar-refractivity contribution in [3.05, 3.63) is 83.1 Å². The van der Waals surface area contributed by atoms with Gasteiger partial charge < -0.3 is 4.74 Å². The van der Waals surface area contributed by atoms with Gasteiger partial charge in [0.2, 0.25) is 0 Å². The number of aryl methyl sites for hydroxylation is 1. The second kappa shape index (κ2) is 7.92. The van der Waals surface area contributed by atoms with Gasteiger partial charge in [-0.15, -0.1) is 0 Å². The molecule has 0 unspecified atom stereocenters. The van der Waals surface area contributed by atoms with E-state index in [0.29, 0.717) is 6.61 Å². The Morgan fingerprint density at radius 1 is 1.08 bits per heavy atom. The molecule has 0 aliphatic heterocycles. The molecule has 26 heavy (non-hydrogen) atoms. The summed E-state index contributed by atoms with van der Waals surface area (Å²) in [4.78, 5) is 0. The summed E-state index contributed by atoms with van der Waals surface area (Å²) in [6.45, 7) is 13.6. The summed E-state index contributed by atoms with van der Waals surface area (Å²) in [6, 6.07) is 15.0. The third-order valence-electron chi connectivity index (χ3n) is 5.06. The fourth-order valence-corrected chi connectivity index (χ4v) is 5.39. The van der Waals surface area contributed by atoms with E-state index in [4.69, 9.17) is 4.74 Å². The Bertz CT molecular complexity index is 873. The van der Waals surface area contributed by atoms with Gasteiger partial charge in [0.15, 0.2) is 0 Å². The van der Waals surface area contributed by atoms with Crippen molar-refractivity contribution in [2.45, 2.75) is 33.4 Å². The Kier molecular flexibility index (Phi) is 5.63. The molecule has 0 saturated heterocycles. The van der Waals surface area contributed by atoms with Gasteiger partial charge in [-0.2, -0.15) is 0 Å². The van der Waals surface area contributed by atoms with Crippen LogP contribution in [-0.4, -0.2) is 15.4 Å². The molecule has 0 N–H and O–H groups in total. The summed E-state index contributed by atoms with van der Waals surface area (Å²) in [5.41, 5.74) is 7.63. The highest BCUT2D eigenvalue weighted by Crippen LogP contribution is 2.43. The van der Waals surface area contributed by atoms with E-state index in [1.54, 1.807) is 5.20 Å². The van der Waals surface area contributed by atoms with Crippen LogP contribution in [0.25, 0.3) is 16.7 Å². The van der Waals surface area contributed by atoms with Crippen molar-refractivity contribution in [1.82, 2.24) is 0 Å². The zero-order chi connectivity index (χ0) is 18.7. The second-order valence-corrected chi connectivity index (χ2v) is 10.3. The number of ether oxygens (including phenoxy) is 1. The van der Waals surface area contributed by atoms with Crippen LogP contribution in [0.1, 0.15) is 24.5 Å². The lowest BCUT2D eigenvalue weighted by Gasteiger charge is -2.19. The van der Waals surface area contributed by atoms with Gasteiger partial charge in [-0.25, -0.2) is 0 Å². The van der Waals surface area contributed by atoms with Crippen LogP contribution in [0.5, 0.6) is 5.75 Å². The Morgan fingerprint density at radius 3 is 2.38 bits per heavy atom. The average molecular weight is 361 g/mol. The second-order valence-electron chi connectivity index (χ2n) is 7.28. The third kappa shape index (κ3) is 3.61. The van der Waals surface area contributed by atoms with Crippen molar-refractivity contribution in [2.24, 2.45) is 0 Å². The zero-order valence-electron chi connectivity index (χ0n) is 16.3. The van der Waals surface area contributed by atoms with Crippen LogP contribution in [0.3, 0.4) is 0 Å². The SMILES string of the molecule is C=CCOc1c(C2=CCC([SiH](C)C)=C2C)cc(C)cc1-c1ccccc1. The highest BCUT2D eigenvalue weighted by molar-refractivity contribution is 6.64. The number of rotatable bonds is 6. The molecule has 1 aliphatic rings. The molecule has 3 rings (SSSR count). The molecular weight excluding hydrogens is 332 g/mol. The largest absolute Gasteiger partial charge is 0.488 e. The van der Waals surface area contributed by atoms with Gasteiger partial charge in [0.05, 0.1) is 8.80 Å². The van der Waals surface area contributed by atoms with Crippen LogP contribution < -0.4 is 4.74 Å². The Labute approximate surface area is 159 Å². The lowest BCUT2D eigenvalue weighted by molar-refractivity contribution is 0.363. The predicted octanol–water partition coefficient (Wildman–Crippen LogP) is 6.36. The highest BCUT2D eigenvalue weighted by Gasteiger charge is 2.23. The molecular formula is C24H28OSi. The van der Waals surface area contributed by atoms with Crippen LogP contribution in [-0.2, 0) is 0 Å². The fourth-order valence-electron chi connectivity index (χ4n) is 3.78. The van der Waals surface area contributed by atoms with E-state index in [2.05, 4.69) is 82.1 Å². The first kappa shape index (κ1) is 18.5. The summed E-state index contributed by atoms with van der Waals surface area (Å²) in [5, 5.41) is 1.66. The molecule has 1 aliphatic carbocycles. The monoisotopic (exact) mass is 360 g/mol. The van der Waals surface area contributed by atoms with E-state index in [1.165, 1.54) is 27.8 Å². The van der Waals surface area contributed by atoms with Gasteiger partial charge in [0.25, 0.3) is 0 Å². The normalized spacial score (nSPS) is 14.0. The van der Waals surface area contributed by atoms with Gasteiger partial charge in [-0.05, 0) is 54.7 Å². The molecule has 0 heterocycles. The van der Waals surface area contributed by atoms with Crippen molar-refractivity contribution >= 4 is 14.4 Å². The molecule has 0 aromatic heterocycles. The van der Waals surface area contributed by atoms with Crippen LogP contribution in [0.4, 0.5) is 0 Å². The van der Waals surface area contributed by atoms with Gasteiger partial charge in [-0.1, -0.05) is 67.4 Å². The highest BCUT2D eigenvalue weighted by atomic mass is 28.3. The summed E-state index contributed by atoms with van der Waals surface area (Å²) in [5.74, 6) is 0.971. The first-order chi connectivity index (χ1) is 12.5. The van der Waals surface area contributed by atoms with Gasteiger partial charge in [0.1, 0.15) is 12.4 Å². The van der Waals surface area contributed by atoms with E-state index in [0.717, 1.165) is 17.7 Å². The van der Waals surface area contributed by atoms with Crippen LogP contribution in [0.2, 0.25) is 13.1 Å². The molecule has 0 fully saturated rings. The van der Waals surface area contributed by atoms with E-state index in [9.17, 15) is 0 Å². The minimum Gasteiger partial charge on any atom is -0.488 e. The van der Waals surface area contributed by atoms with Gasteiger partial charge >= 0.3 is 0 Å². The third-order valence-corrected chi connectivity index (χ3v) is 7.13. The van der Waals surface area contributed by atoms with E-state index < -0.39 is 8.80 Å². The van der Waals surface area contributed by atoms with E-state index in [-0.39, 0.29) is 0 Å². The zero-order valence-corrected chi connectivity index (χ0v) is 17.5. The minimum absolute atomic E-state index is 0.512. The topological polar surface area (TPSA) is 9.23 Å². The standard InChI is InChI=1S/C24H28OSi/c1-6-14-25-24-21(19-10-8-7-9-11-19)15-17(2)16-22(24)20-12-13-23(18(20)3)26(4)5/h6-12,15-16,26H,1,13-14H2,2-5H3. The summed E-state index contributed by atoms with van der Waals surface area (Å²) >= 11 is 0. The molecule has 134 valence electrons. The maximum absolute atomic E-state index is 6.21. The smallest absolute Gasteiger partial charge is 0.135 e. The first-order valence-corrected chi connectivity index (χ1v) is 12.3. The Hall–Kier alpha value is -2.32. The molecule has 0 amide bonds. The van der Waals surface area contributed by atoms with Gasteiger partial charge in [-0.3, -0.25) is 0 Å². The average Bonchev–Trinajstić information content (AvgIpc) is 3.02. The minimum atomic E-state index is -0.794. The molecule has 0 atom stereocenters. The summed E-state index contributed by atoms with van der Waals surface area (Å²) in [6.07, 6.45) is 5.30. The van der Waals surface area contributed by atoms with Crippen LogP contribution >= 0.6 is 0 Å². The van der Waals surface area contributed by atoms with Crippen molar-refractivity contribution in [3.63, 3.8) is 0 Å². The molecule has 2 aromatic carbocycles. The number of hydrogen-bond donors (Lipinski definition) is 0. The predicted molar refractivity (Wildman–Crippen MR) is 116 cm³/mol. The lowest BCUT2D eigenvalue weighted by Crippen LogP contribution is -2.05. The number of allylic oxidation sites excluding steroid dienone is 4. The van der Waals surface area contributed by atoms with Crippen molar-refractivity contribution in [3.8, 4) is 16.9 Å². The molecule has 0 radical (unpaired) electrons. The maximum atomic E-state index is 6.21. The van der Waals surface area contributed by atoms with Crippen molar-refractivity contribution in [2.75, 3.05) is 6.61 Å². The lowest BCUT2D eigenvalue weighted by atomic mass is 9.93. The fraction of sp³-hybridized carbons (Fsp3) is 0.250. The first-order valence-electron chi connectivity index (χ1n) is 9.37. The molecule has 0 spiro atoms. The van der Waals surface area contributed by atoms with Crippen molar-refractivity contribution in [1.29, 1.82) is 0 Å². The molecule has 0 bridgehead atoms.